The predicted octanol–water partition coefficient (Wildman–Crippen LogP) is 0.129. The van der Waals surface area contributed by atoms with Crippen molar-refractivity contribution in [2.24, 2.45) is 0 Å². The number of aromatic amines is 1. The molecule has 3 rings (SSSR count). The number of aryl methyl sites for hydroxylation is 1. The fourth-order valence-electron chi connectivity index (χ4n) is 3.12. The van der Waals surface area contributed by atoms with Crippen LogP contribution in [0.25, 0.3) is 0 Å². The Labute approximate surface area is 157 Å². The number of aromatic nitrogens is 3. The molecule has 1 unspecified atom stereocenters. The Morgan fingerprint density at radius 2 is 2.22 bits per heavy atom. The third kappa shape index (κ3) is 4.82. The van der Waals surface area contributed by atoms with Crippen LogP contribution in [0.2, 0.25) is 0 Å². The Balaban J connectivity index is 1.63. The molecule has 27 heavy (non-hydrogen) atoms. The van der Waals surface area contributed by atoms with E-state index in [-0.39, 0.29) is 24.8 Å². The molecule has 2 aromatic rings. The molecular weight excluding hydrogens is 348 g/mol. The standard InChI is InChI=1S/C18H24N6O3/c1-12-21-16(23-22-12)10-20-17(25)9-14-18(26)19-7-8-24(14)11-13-5-3-4-6-15(13)27-2/h3-6,14H,7-11H2,1-2H3,(H,19,26)(H,20,25)(H,21,22,23). The summed E-state index contributed by atoms with van der Waals surface area (Å²) in [4.78, 5) is 30.9. The molecule has 0 spiro atoms. The molecule has 1 saturated heterocycles. The van der Waals surface area contributed by atoms with E-state index in [9.17, 15) is 9.59 Å². The summed E-state index contributed by atoms with van der Waals surface area (Å²) in [6, 6.07) is 7.16. The number of hydrogen-bond acceptors (Lipinski definition) is 6. The van der Waals surface area contributed by atoms with Gasteiger partial charge in [-0.25, -0.2) is 4.98 Å². The molecule has 1 aliphatic heterocycles. The normalized spacial score (nSPS) is 17.4. The largest absolute Gasteiger partial charge is 0.496 e. The van der Waals surface area contributed by atoms with Crippen molar-refractivity contribution in [3.8, 4) is 5.75 Å². The lowest BCUT2D eigenvalue weighted by Crippen LogP contribution is -2.56. The molecule has 9 heteroatoms. The Morgan fingerprint density at radius 1 is 1.41 bits per heavy atom. The fraction of sp³-hybridized carbons (Fsp3) is 0.444. The number of carbonyl (C=O) groups excluding carboxylic acids is 2. The Hall–Kier alpha value is -2.94. The van der Waals surface area contributed by atoms with Crippen LogP contribution in [0.4, 0.5) is 0 Å². The zero-order valence-electron chi connectivity index (χ0n) is 15.5. The van der Waals surface area contributed by atoms with Gasteiger partial charge in [-0.05, 0) is 13.0 Å². The van der Waals surface area contributed by atoms with E-state index in [1.165, 1.54) is 0 Å². The fourth-order valence-corrected chi connectivity index (χ4v) is 3.12. The second-order valence-electron chi connectivity index (χ2n) is 6.41. The van der Waals surface area contributed by atoms with Gasteiger partial charge >= 0.3 is 0 Å². The lowest BCUT2D eigenvalue weighted by atomic mass is 10.1. The predicted molar refractivity (Wildman–Crippen MR) is 97.8 cm³/mol. The molecule has 3 N–H and O–H groups in total. The number of carbonyl (C=O) groups is 2. The van der Waals surface area contributed by atoms with Crippen LogP contribution in [0.1, 0.15) is 23.6 Å². The monoisotopic (exact) mass is 372 g/mol. The summed E-state index contributed by atoms with van der Waals surface area (Å²) < 4.78 is 5.40. The number of methoxy groups -OCH3 is 1. The van der Waals surface area contributed by atoms with Crippen molar-refractivity contribution in [3.05, 3.63) is 41.5 Å². The van der Waals surface area contributed by atoms with Crippen molar-refractivity contribution in [1.82, 2.24) is 30.7 Å². The molecule has 1 fully saturated rings. The summed E-state index contributed by atoms with van der Waals surface area (Å²) >= 11 is 0. The molecule has 0 aliphatic carbocycles. The van der Waals surface area contributed by atoms with Gasteiger partial charge in [0, 0.05) is 25.2 Å². The highest BCUT2D eigenvalue weighted by Crippen LogP contribution is 2.21. The first-order chi connectivity index (χ1) is 13.1. The summed E-state index contributed by atoms with van der Waals surface area (Å²) in [5.41, 5.74) is 0.983. The molecule has 2 heterocycles. The number of H-pyrrole nitrogens is 1. The summed E-state index contributed by atoms with van der Waals surface area (Å²) in [5, 5.41) is 12.3. The smallest absolute Gasteiger partial charge is 0.237 e. The zero-order valence-corrected chi connectivity index (χ0v) is 15.5. The maximum absolute atomic E-state index is 12.4. The molecule has 1 aromatic heterocycles. The van der Waals surface area contributed by atoms with Crippen molar-refractivity contribution in [3.63, 3.8) is 0 Å². The number of amides is 2. The highest BCUT2D eigenvalue weighted by Gasteiger charge is 2.32. The maximum atomic E-state index is 12.4. The van der Waals surface area contributed by atoms with Gasteiger partial charge in [-0.1, -0.05) is 18.2 Å². The number of nitrogens with zero attached hydrogens (tertiary/aromatic N) is 3. The van der Waals surface area contributed by atoms with E-state index < -0.39 is 6.04 Å². The Kier molecular flexibility index (Phi) is 6.02. The lowest BCUT2D eigenvalue weighted by molar-refractivity contribution is -0.134. The molecular formula is C18H24N6O3. The average molecular weight is 372 g/mol. The Morgan fingerprint density at radius 3 is 2.96 bits per heavy atom. The van der Waals surface area contributed by atoms with Gasteiger partial charge in [-0.15, -0.1) is 0 Å². The average Bonchev–Trinajstić information content (AvgIpc) is 3.08. The number of piperazine rings is 1. The summed E-state index contributed by atoms with van der Waals surface area (Å²) in [6.45, 7) is 3.78. The van der Waals surface area contributed by atoms with Gasteiger partial charge in [-0.2, -0.15) is 5.10 Å². The number of rotatable bonds is 7. The van der Waals surface area contributed by atoms with Gasteiger partial charge < -0.3 is 15.4 Å². The van der Waals surface area contributed by atoms with E-state index in [1.54, 1.807) is 14.0 Å². The maximum Gasteiger partial charge on any atom is 0.237 e. The van der Waals surface area contributed by atoms with Crippen molar-refractivity contribution in [2.45, 2.75) is 32.5 Å². The molecule has 144 valence electrons. The zero-order chi connectivity index (χ0) is 19.2. The van der Waals surface area contributed by atoms with Gasteiger partial charge in [-0.3, -0.25) is 19.6 Å². The third-order valence-corrected chi connectivity index (χ3v) is 4.47. The quantitative estimate of drug-likeness (QED) is 0.637. The number of ether oxygens (including phenoxy) is 1. The number of nitrogens with one attached hydrogen (secondary N) is 3. The first-order valence-electron chi connectivity index (χ1n) is 8.85. The van der Waals surface area contributed by atoms with Crippen LogP contribution in [0.5, 0.6) is 5.75 Å². The van der Waals surface area contributed by atoms with Crippen LogP contribution in [0.3, 0.4) is 0 Å². The minimum absolute atomic E-state index is 0.0738. The summed E-state index contributed by atoms with van der Waals surface area (Å²) in [7, 11) is 1.62. The van der Waals surface area contributed by atoms with Crippen molar-refractivity contribution in [2.75, 3.05) is 20.2 Å². The minimum Gasteiger partial charge on any atom is -0.496 e. The van der Waals surface area contributed by atoms with Gasteiger partial charge in [0.2, 0.25) is 11.8 Å². The first-order valence-corrected chi connectivity index (χ1v) is 8.85. The molecule has 0 radical (unpaired) electrons. The highest BCUT2D eigenvalue weighted by atomic mass is 16.5. The minimum atomic E-state index is -0.530. The topological polar surface area (TPSA) is 112 Å². The second kappa shape index (κ2) is 8.63. The van der Waals surface area contributed by atoms with Crippen LogP contribution in [-0.4, -0.2) is 58.1 Å². The lowest BCUT2D eigenvalue weighted by Gasteiger charge is -2.35. The van der Waals surface area contributed by atoms with Crippen molar-refractivity contribution in [1.29, 1.82) is 0 Å². The molecule has 2 amide bonds. The molecule has 0 bridgehead atoms. The van der Waals surface area contributed by atoms with E-state index in [0.717, 1.165) is 11.3 Å². The third-order valence-electron chi connectivity index (χ3n) is 4.47. The van der Waals surface area contributed by atoms with E-state index >= 15 is 0 Å². The van der Waals surface area contributed by atoms with Gasteiger partial charge in [0.15, 0.2) is 5.82 Å². The Bertz CT molecular complexity index is 806. The molecule has 1 aromatic carbocycles. The molecule has 0 saturated carbocycles. The van der Waals surface area contributed by atoms with E-state index in [2.05, 4.69) is 25.8 Å². The summed E-state index contributed by atoms with van der Waals surface area (Å²) in [6.07, 6.45) is 0.0738. The van der Waals surface area contributed by atoms with Crippen LogP contribution in [0.15, 0.2) is 24.3 Å². The summed E-state index contributed by atoms with van der Waals surface area (Å²) in [5.74, 6) is 1.62. The molecule has 1 atom stereocenters. The van der Waals surface area contributed by atoms with E-state index in [1.807, 2.05) is 29.2 Å². The van der Waals surface area contributed by atoms with Crippen LogP contribution >= 0.6 is 0 Å². The van der Waals surface area contributed by atoms with E-state index in [0.29, 0.717) is 31.3 Å². The molecule has 9 nitrogen and oxygen atoms in total. The van der Waals surface area contributed by atoms with Crippen LogP contribution < -0.4 is 15.4 Å². The molecule has 1 aliphatic rings. The second-order valence-corrected chi connectivity index (χ2v) is 6.41. The highest BCUT2D eigenvalue weighted by molar-refractivity contribution is 5.88. The van der Waals surface area contributed by atoms with Crippen molar-refractivity contribution >= 4 is 11.8 Å². The van der Waals surface area contributed by atoms with Gasteiger partial charge in [0.25, 0.3) is 0 Å². The van der Waals surface area contributed by atoms with Gasteiger partial charge in [0.1, 0.15) is 11.6 Å². The number of benzene rings is 1. The van der Waals surface area contributed by atoms with Crippen molar-refractivity contribution < 1.29 is 14.3 Å². The number of hydrogen-bond donors (Lipinski definition) is 3. The first kappa shape index (κ1) is 18.8. The van der Waals surface area contributed by atoms with Gasteiger partial charge in [0.05, 0.1) is 26.1 Å². The van der Waals surface area contributed by atoms with E-state index in [4.69, 9.17) is 4.74 Å². The van der Waals surface area contributed by atoms with Crippen LogP contribution in [-0.2, 0) is 22.7 Å². The number of para-hydroxylation sites is 1. The van der Waals surface area contributed by atoms with Crippen LogP contribution in [0, 0.1) is 6.92 Å². The SMILES string of the molecule is COc1ccccc1CN1CCNC(=O)C1CC(=O)NCc1n[nH]c(C)n1.